The highest BCUT2D eigenvalue weighted by atomic mass is 16.5. The van der Waals surface area contributed by atoms with Gasteiger partial charge in [-0.2, -0.15) is 0 Å². The number of unbranched alkanes of at least 4 members (excludes halogenated alkanes) is 1. The summed E-state index contributed by atoms with van der Waals surface area (Å²) in [6, 6.07) is 6.46. The van der Waals surface area contributed by atoms with Crippen molar-refractivity contribution in [3.8, 4) is 0 Å². The van der Waals surface area contributed by atoms with E-state index in [0.717, 1.165) is 48.0 Å². The second-order valence-electron chi connectivity index (χ2n) is 7.96. The Balaban J connectivity index is 1.47. The fourth-order valence-electron chi connectivity index (χ4n) is 4.43. The standard InChI is InChI=1S/C24H30N2O3/c1-2-3-6-15-28-24(27)25-19-9-11-23-21(16-19)22(17-29-23)18-8-10-20-7-4-5-13-26(20)14-12-18/h2,9,11-12,16-17,20H,1,3-8,10,13-15H2,(H,25,27). The molecule has 4 rings (SSSR count). The van der Waals surface area contributed by atoms with Crippen LogP contribution in [0.15, 0.2) is 47.6 Å². The van der Waals surface area contributed by atoms with Crippen molar-refractivity contribution in [2.75, 3.05) is 25.0 Å². The molecule has 5 heteroatoms. The van der Waals surface area contributed by atoms with Gasteiger partial charge < -0.3 is 9.15 Å². The molecule has 1 saturated heterocycles. The second kappa shape index (κ2) is 9.31. The van der Waals surface area contributed by atoms with E-state index in [-0.39, 0.29) is 0 Å². The lowest BCUT2D eigenvalue weighted by molar-refractivity contribution is 0.160. The fraction of sp³-hybridized carbons (Fsp3) is 0.458. The van der Waals surface area contributed by atoms with Crippen molar-refractivity contribution in [2.45, 2.75) is 51.0 Å². The molecular weight excluding hydrogens is 364 g/mol. The van der Waals surface area contributed by atoms with Crippen LogP contribution in [0.2, 0.25) is 0 Å². The summed E-state index contributed by atoms with van der Waals surface area (Å²) in [4.78, 5) is 14.6. The Labute approximate surface area is 172 Å². The van der Waals surface area contributed by atoms with E-state index in [4.69, 9.17) is 9.15 Å². The van der Waals surface area contributed by atoms with Gasteiger partial charge in [-0.05, 0) is 68.8 Å². The van der Waals surface area contributed by atoms with E-state index in [1.807, 2.05) is 30.5 Å². The monoisotopic (exact) mass is 394 g/mol. The Morgan fingerprint density at radius 2 is 2.28 bits per heavy atom. The van der Waals surface area contributed by atoms with Gasteiger partial charge in [-0.1, -0.05) is 18.6 Å². The number of rotatable bonds is 6. The highest BCUT2D eigenvalue weighted by molar-refractivity contribution is 5.95. The maximum absolute atomic E-state index is 12.0. The third kappa shape index (κ3) is 4.73. The van der Waals surface area contributed by atoms with Crippen molar-refractivity contribution in [3.63, 3.8) is 0 Å². The Hall–Kier alpha value is -2.53. The van der Waals surface area contributed by atoms with Crippen LogP contribution in [0, 0.1) is 0 Å². The second-order valence-corrected chi connectivity index (χ2v) is 7.96. The molecule has 3 heterocycles. The molecule has 1 amide bonds. The quantitative estimate of drug-likeness (QED) is 0.484. The van der Waals surface area contributed by atoms with Crippen molar-refractivity contribution in [1.29, 1.82) is 0 Å². The molecule has 0 aliphatic carbocycles. The van der Waals surface area contributed by atoms with Crippen LogP contribution in [0.5, 0.6) is 0 Å². The summed E-state index contributed by atoms with van der Waals surface area (Å²) in [6.07, 6.45) is 13.5. The zero-order chi connectivity index (χ0) is 20.1. The fourth-order valence-corrected chi connectivity index (χ4v) is 4.43. The van der Waals surface area contributed by atoms with Gasteiger partial charge in [0.2, 0.25) is 0 Å². The number of carbonyl (C=O) groups excluding carboxylic acids is 1. The first kappa shape index (κ1) is 19.8. The van der Waals surface area contributed by atoms with E-state index in [1.54, 1.807) is 0 Å². The van der Waals surface area contributed by atoms with Gasteiger partial charge in [-0.3, -0.25) is 10.2 Å². The molecule has 1 fully saturated rings. The van der Waals surface area contributed by atoms with E-state index in [2.05, 4.69) is 22.9 Å². The lowest BCUT2D eigenvalue weighted by Crippen LogP contribution is -2.38. The van der Waals surface area contributed by atoms with Gasteiger partial charge in [0.15, 0.2) is 0 Å². The summed E-state index contributed by atoms with van der Waals surface area (Å²) in [5.41, 5.74) is 4.05. The molecular formula is C24H30N2O3. The molecule has 1 unspecified atom stereocenters. The van der Waals surface area contributed by atoms with Gasteiger partial charge in [-0.25, -0.2) is 4.79 Å². The van der Waals surface area contributed by atoms with Crippen molar-refractivity contribution in [1.82, 2.24) is 4.90 Å². The van der Waals surface area contributed by atoms with Crippen LogP contribution in [0.3, 0.4) is 0 Å². The smallest absolute Gasteiger partial charge is 0.411 e. The lowest BCUT2D eigenvalue weighted by atomic mass is 9.95. The molecule has 1 N–H and O–H groups in total. The molecule has 1 aromatic carbocycles. The minimum absolute atomic E-state index is 0.390. The SMILES string of the molecule is C=CCCCOC(=O)Nc1ccc2occ(C3=CCN4CCCCC4CC3)c2c1. The summed E-state index contributed by atoms with van der Waals surface area (Å²) >= 11 is 0. The average Bonchev–Trinajstić information content (AvgIpc) is 3.03. The predicted octanol–water partition coefficient (Wildman–Crippen LogP) is 5.98. The summed E-state index contributed by atoms with van der Waals surface area (Å²) in [5, 5.41) is 3.87. The Bertz CT molecular complexity index is 899. The molecule has 29 heavy (non-hydrogen) atoms. The number of carbonyl (C=O) groups is 1. The number of fused-ring (bicyclic) bond motifs is 2. The third-order valence-corrected chi connectivity index (χ3v) is 6.02. The van der Waals surface area contributed by atoms with Crippen LogP contribution >= 0.6 is 0 Å². The molecule has 5 nitrogen and oxygen atoms in total. The minimum Gasteiger partial charge on any atom is -0.464 e. The predicted molar refractivity (Wildman–Crippen MR) is 117 cm³/mol. The molecule has 1 aromatic heterocycles. The molecule has 2 aliphatic heterocycles. The number of hydrogen-bond donors (Lipinski definition) is 1. The zero-order valence-electron chi connectivity index (χ0n) is 17.0. The van der Waals surface area contributed by atoms with E-state index < -0.39 is 6.09 Å². The molecule has 0 bridgehead atoms. The molecule has 0 radical (unpaired) electrons. The number of benzene rings is 1. The largest absolute Gasteiger partial charge is 0.464 e. The van der Waals surface area contributed by atoms with Crippen molar-refractivity contribution < 1.29 is 13.9 Å². The molecule has 0 spiro atoms. The third-order valence-electron chi connectivity index (χ3n) is 6.02. The van der Waals surface area contributed by atoms with Gasteiger partial charge >= 0.3 is 6.09 Å². The van der Waals surface area contributed by atoms with Crippen LogP contribution in [0.1, 0.15) is 50.5 Å². The van der Waals surface area contributed by atoms with E-state index in [9.17, 15) is 4.79 Å². The van der Waals surface area contributed by atoms with Gasteiger partial charge in [0.1, 0.15) is 5.58 Å². The van der Waals surface area contributed by atoms with Gasteiger partial charge in [0.25, 0.3) is 0 Å². The number of furan rings is 1. The summed E-state index contributed by atoms with van der Waals surface area (Å²) in [6.45, 7) is 6.29. The van der Waals surface area contributed by atoms with Gasteiger partial charge in [-0.15, -0.1) is 6.58 Å². The van der Waals surface area contributed by atoms with Crippen LogP contribution < -0.4 is 5.32 Å². The summed E-state index contributed by atoms with van der Waals surface area (Å²) < 4.78 is 11.0. The first-order chi connectivity index (χ1) is 14.2. The van der Waals surface area contributed by atoms with Crippen LogP contribution in [0.25, 0.3) is 16.5 Å². The van der Waals surface area contributed by atoms with Crippen LogP contribution in [0.4, 0.5) is 10.5 Å². The first-order valence-corrected chi connectivity index (χ1v) is 10.7. The number of anilines is 1. The normalized spacial score (nSPS) is 19.9. The molecule has 154 valence electrons. The summed E-state index contributed by atoms with van der Waals surface area (Å²) in [7, 11) is 0. The molecule has 2 aromatic rings. The molecule has 2 aliphatic rings. The first-order valence-electron chi connectivity index (χ1n) is 10.7. The summed E-state index contributed by atoms with van der Waals surface area (Å²) in [5.74, 6) is 0. The number of ether oxygens (including phenoxy) is 1. The maximum atomic E-state index is 12.0. The number of nitrogens with zero attached hydrogens (tertiary/aromatic N) is 1. The highest BCUT2D eigenvalue weighted by Gasteiger charge is 2.25. The van der Waals surface area contributed by atoms with Crippen molar-refractivity contribution in [3.05, 3.63) is 48.8 Å². The Morgan fingerprint density at radius 1 is 1.34 bits per heavy atom. The molecule has 0 saturated carbocycles. The molecule has 1 atom stereocenters. The van der Waals surface area contributed by atoms with E-state index >= 15 is 0 Å². The van der Waals surface area contributed by atoms with Gasteiger partial charge in [0.05, 0.1) is 12.9 Å². The lowest BCUT2D eigenvalue weighted by Gasteiger charge is -2.33. The van der Waals surface area contributed by atoms with Crippen LogP contribution in [-0.2, 0) is 4.74 Å². The van der Waals surface area contributed by atoms with Crippen LogP contribution in [-0.4, -0.2) is 36.7 Å². The number of nitrogens with one attached hydrogen (secondary N) is 1. The maximum Gasteiger partial charge on any atom is 0.411 e. The number of amides is 1. The Kier molecular flexibility index (Phi) is 6.35. The highest BCUT2D eigenvalue weighted by Crippen LogP contribution is 2.35. The Morgan fingerprint density at radius 3 is 3.17 bits per heavy atom. The van der Waals surface area contributed by atoms with E-state index in [0.29, 0.717) is 12.6 Å². The number of hydrogen-bond acceptors (Lipinski definition) is 4. The number of allylic oxidation sites excluding steroid dienone is 2. The van der Waals surface area contributed by atoms with E-state index in [1.165, 1.54) is 37.8 Å². The minimum atomic E-state index is -0.427. The number of piperidine rings is 1. The van der Waals surface area contributed by atoms with Crippen molar-refractivity contribution >= 4 is 28.3 Å². The average molecular weight is 395 g/mol. The topological polar surface area (TPSA) is 54.7 Å². The van der Waals surface area contributed by atoms with Gasteiger partial charge in [0, 0.05) is 29.2 Å². The van der Waals surface area contributed by atoms with Crippen molar-refractivity contribution in [2.24, 2.45) is 0 Å². The zero-order valence-corrected chi connectivity index (χ0v) is 17.0.